The van der Waals surface area contributed by atoms with E-state index < -0.39 is 48.4 Å². The van der Waals surface area contributed by atoms with Gasteiger partial charge in [-0.2, -0.15) is 26.7 Å². The third kappa shape index (κ3) is 19.1. The number of alkyl halides is 3. The Balaban J connectivity index is 0.000000209. The van der Waals surface area contributed by atoms with Gasteiger partial charge >= 0.3 is 25.4 Å². The number of halogens is 4. The summed E-state index contributed by atoms with van der Waals surface area (Å²) in [4.78, 5) is 42.7. The number of ether oxygens (including phenoxy) is 2. The molecule has 2 atom stereocenters. The predicted octanol–water partition coefficient (Wildman–Crippen LogP) is 10.3. The van der Waals surface area contributed by atoms with E-state index in [0.717, 1.165) is 120 Å². The molecule has 0 bridgehead atoms. The number of anilines is 6. The van der Waals surface area contributed by atoms with Gasteiger partial charge in [0.25, 0.3) is 0 Å². The lowest BCUT2D eigenvalue weighted by Crippen LogP contribution is -2.41. The fourth-order valence-corrected chi connectivity index (χ4v) is 10.8. The van der Waals surface area contributed by atoms with Crippen LogP contribution >= 0.6 is 36.1 Å². The zero-order valence-corrected chi connectivity index (χ0v) is 53.9. The van der Waals surface area contributed by atoms with Crippen molar-refractivity contribution in [3.05, 3.63) is 75.4 Å². The molecule has 4 amide bonds. The Morgan fingerprint density at radius 3 is 1.63 bits per heavy atom. The van der Waals surface area contributed by atoms with Crippen LogP contribution in [-0.2, 0) is 18.8 Å². The van der Waals surface area contributed by atoms with Crippen LogP contribution < -0.4 is 36.5 Å². The topological polar surface area (TPSA) is 198 Å². The maximum absolute atomic E-state index is 12.9. The number of amides is 4. The second-order valence-electron chi connectivity index (χ2n) is 24.6. The lowest BCUT2D eigenvalue weighted by atomic mass is 9.76. The molecule has 5 fully saturated rings. The third-order valence-corrected chi connectivity index (χ3v) is 16.7. The Hall–Kier alpha value is -4.83. The number of likely N-dealkylation sites (tertiary alicyclic amines) is 2. The maximum atomic E-state index is 12.9. The number of carbonyl (C=O) groups is 2. The van der Waals surface area contributed by atoms with Crippen LogP contribution in [0.1, 0.15) is 99.1 Å². The van der Waals surface area contributed by atoms with Gasteiger partial charge in [-0.15, -0.1) is 0 Å². The number of nitrogens with zero attached hydrogens (tertiary/aromatic N) is 6. The summed E-state index contributed by atoms with van der Waals surface area (Å²) in [5.74, 6) is 3.40. The number of pyridine rings is 2. The monoisotopic (exact) mass is 1300 g/mol. The molecule has 5 aliphatic rings. The van der Waals surface area contributed by atoms with Crippen LogP contribution in [0.4, 0.5) is 57.4 Å². The Morgan fingerprint density at radius 1 is 0.679 bits per heavy atom. The van der Waals surface area contributed by atoms with Crippen LogP contribution in [0.15, 0.2) is 60.7 Å². The van der Waals surface area contributed by atoms with Gasteiger partial charge in [0, 0.05) is 73.7 Å². The number of nitrogens with one attached hydrogen (secondary N) is 4. The molecule has 0 radical (unpaired) electrons. The van der Waals surface area contributed by atoms with Gasteiger partial charge in [-0.05, 0) is 187 Å². The molecule has 5 saturated heterocycles. The normalized spacial score (nSPS) is 19.6. The van der Waals surface area contributed by atoms with Crippen molar-refractivity contribution in [1.82, 2.24) is 19.8 Å². The predicted molar refractivity (Wildman–Crippen MR) is 343 cm³/mol. The van der Waals surface area contributed by atoms with Crippen molar-refractivity contribution in [3.8, 4) is 11.1 Å². The van der Waals surface area contributed by atoms with E-state index in [1.807, 2.05) is 104 Å². The summed E-state index contributed by atoms with van der Waals surface area (Å²) < 4.78 is 62.0. The molecule has 2 aromatic heterocycles. The first-order chi connectivity index (χ1) is 39.0. The van der Waals surface area contributed by atoms with Gasteiger partial charge in [-0.1, -0.05) is 31.0 Å². The highest BCUT2D eigenvalue weighted by Gasteiger charge is 2.52. The van der Waals surface area contributed by atoms with Gasteiger partial charge in [0.05, 0.1) is 61.9 Å². The van der Waals surface area contributed by atoms with E-state index >= 15 is 0 Å². The molecule has 18 nitrogen and oxygen atoms in total. The Bertz CT molecular complexity index is 2830. The zero-order chi connectivity index (χ0) is 60.5. The number of aromatic nitrogens is 2. The maximum Gasteiger partial charge on any atom is 0.495 e. The van der Waals surface area contributed by atoms with Crippen LogP contribution in [0.5, 0.6) is 0 Å². The molecule has 84 heavy (non-hydrogen) atoms. The molecular formula is C60H89BF3IN10O8S. The first-order valence-electron chi connectivity index (χ1n) is 28.9. The molecule has 5 aliphatic heterocycles. The number of aryl methyl sites for hydroxylation is 2. The average Bonchev–Trinajstić information content (AvgIpc) is 2.45. The van der Waals surface area contributed by atoms with E-state index in [2.05, 4.69) is 84.6 Å². The Morgan fingerprint density at radius 2 is 1.14 bits per heavy atom. The van der Waals surface area contributed by atoms with Gasteiger partial charge in [0.2, 0.25) is 0 Å². The molecule has 2 aromatic carbocycles. The van der Waals surface area contributed by atoms with E-state index in [-0.39, 0.29) is 44.8 Å². The first kappa shape index (κ1) is 68.3. The lowest BCUT2D eigenvalue weighted by Gasteiger charge is -2.32. The van der Waals surface area contributed by atoms with Crippen molar-refractivity contribution in [2.24, 2.45) is 11.8 Å². The van der Waals surface area contributed by atoms with E-state index in [0.29, 0.717) is 43.6 Å². The molecule has 6 N–H and O–H groups in total. The minimum absolute atomic E-state index is 0. The number of urea groups is 2. The third-order valence-electron chi connectivity index (χ3n) is 16.1. The van der Waals surface area contributed by atoms with Crippen LogP contribution in [0, 0.1) is 29.3 Å². The summed E-state index contributed by atoms with van der Waals surface area (Å²) in [6.07, 6.45) is -2.51. The van der Waals surface area contributed by atoms with Crippen molar-refractivity contribution in [2.45, 2.75) is 130 Å². The van der Waals surface area contributed by atoms with Gasteiger partial charge in [-0.3, -0.25) is 0 Å². The van der Waals surface area contributed by atoms with Gasteiger partial charge in [-0.25, -0.2) is 19.6 Å². The molecule has 0 unspecified atom stereocenters. The van der Waals surface area contributed by atoms with Gasteiger partial charge < -0.3 is 69.9 Å². The highest BCUT2D eigenvalue weighted by molar-refractivity contribution is 14.1. The minimum atomic E-state index is -4.20. The van der Waals surface area contributed by atoms with E-state index in [9.17, 15) is 33.0 Å². The van der Waals surface area contributed by atoms with Gasteiger partial charge in [0.15, 0.2) is 0 Å². The number of aliphatic hydroxyl groups is 2. The lowest BCUT2D eigenvalue weighted by molar-refractivity contribution is -0.143. The molecule has 7 heterocycles. The van der Waals surface area contributed by atoms with Gasteiger partial charge in [0.1, 0.15) is 23.3 Å². The molecule has 0 aliphatic carbocycles. The summed E-state index contributed by atoms with van der Waals surface area (Å²) in [5, 5.41) is 31.6. The summed E-state index contributed by atoms with van der Waals surface area (Å²) in [6, 6.07) is 19.2. The summed E-state index contributed by atoms with van der Waals surface area (Å²) in [5.41, 5.74) is 4.45. The van der Waals surface area contributed by atoms with Crippen LogP contribution in [-0.4, -0.2) is 170 Å². The second kappa shape index (κ2) is 29.2. The van der Waals surface area contributed by atoms with Crippen LogP contribution in [0.3, 0.4) is 0 Å². The van der Waals surface area contributed by atoms with E-state index in [1.54, 1.807) is 12.1 Å². The number of morpholine rings is 2. The summed E-state index contributed by atoms with van der Waals surface area (Å²) in [7, 11) is -0.556. The Kier molecular flexibility index (Phi) is 23.8. The highest BCUT2D eigenvalue weighted by Crippen LogP contribution is 2.38. The van der Waals surface area contributed by atoms with Crippen LogP contribution in [0.25, 0.3) is 11.1 Å². The van der Waals surface area contributed by atoms with Crippen molar-refractivity contribution in [2.75, 3.05) is 123 Å². The number of aliphatic hydroxyl groups excluding tert-OH is 2. The quantitative estimate of drug-likeness (QED) is 0.0515. The fraction of sp³-hybridized carbons (Fsp3) is 0.600. The number of carbonyl (C=O) groups excluding carboxylic acids is 2. The molecule has 24 heteroatoms. The second-order valence-corrected chi connectivity index (χ2v) is 25.9. The van der Waals surface area contributed by atoms with E-state index in [4.69, 9.17) is 23.8 Å². The molecule has 9 rings (SSSR count). The number of benzene rings is 2. The van der Waals surface area contributed by atoms with Crippen molar-refractivity contribution in [3.63, 3.8) is 0 Å². The van der Waals surface area contributed by atoms with Crippen LogP contribution in [0.2, 0.25) is 0 Å². The number of rotatable bonds is 14. The smallest absolute Gasteiger partial charge is 0.399 e. The zero-order valence-electron chi connectivity index (χ0n) is 50.8. The molecule has 464 valence electrons. The first-order valence-corrected chi connectivity index (χ1v) is 30.0. The fourth-order valence-electron chi connectivity index (χ4n) is 10.2. The standard InChI is InChI=1S/C27H39N5O3.C20H28BF3N2O3.C13H20IN3O2.H2S/c1-5-20-8-9-32(17-20)26(34)28-22-7-6-19(2)23(16-22)21-14-24(30-27(3,4)18-33)29-25(15-21)31-10-12-35-13-11-31;1-13-6-7-15(10-16(13)21-28-18(2,3)19(4,5)29-21)25-17(27)26-9-8-14(12-26)11-20(22,23)24;1-13(2,9-18)16-11-7-10(14)8-12(15-11)17-3-5-19-6-4-17;/h6-7,14-16,20,33H,5,8-13,17-18H2,1-4H3,(H,28,34)(H,29,30);6-7,10,14H,8-9,11-12H2,1-5H3,(H,25,27);7-8,18H,3-6,9H2,1-2H3,(H,15,16);1H2/t20-;14-;;/m10../s1. The number of hydrogen-bond acceptors (Lipinski definition) is 14. The average molecular weight is 1310 g/mol. The summed E-state index contributed by atoms with van der Waals surface area (Å²) in [6.45, 7) is 30.1. The largest absolute Gasteiger partial charge is 0.495 e. The van der Waals surface area contributed by atoms with Crippen molar-refractivity contribution < 1.29 is 51.8 Å². The summed E-state index contributed by atoms with van der Waals surface area (Å²) >= 11 is 2.29. The Labute approximate surface area is 515 Å². The molecule has 0 spiro atoms. The molecule has 4 aromatic rings. The minimum Gasteiger partial charge on any atom is -0.399 e. The molecule has 0 saturated carbocycles. The van der Waals surface area contributed by atoms with Crippen molar-refractivity contribution in [1.29, 1.82) is 0 Å². The SMILES string of the molecule is CC(C)(CO)Nc1cc(I)cc(N2CCOCC2)n1.CC[C@@H]1CCN(C(=O)Nc2ccc(C)c(-c3cc(NC(C)(C)CO)nc(N4CCOCC4)c3)c2)C1.Cc1ccc(NC(=O)N2CC[C@@H](CC(F)(F)F)C2)cc1B1OC(C)(C)C(C)(C)O1.S. The highest BCUT2D eigenvalue weighted by atomic mass is 127. The van der Waals surface area contributed by atoms with E-state index in [1.165, 1.54) is 4.90 Å². The van der Waals surface area contributed by atoms with Crippen molar-refractivity contribution >= 4 is 95.4 Å². The number of hydrogen-bond donors (Lipinski definition) is 6. The molecular weight excluding hydrogens is 1220 g/mol.